The van der Waals surface area contributed by atoms with E-state index in [0.29, 0.717) is 6.61 Å². The normalized spacial score (nSPS) is 11.3. The third-order valence-corrected chi connectivity index (χ3v) is 1.41. The highest BCUT2D eigenvalue weighted by Crippen LogP contribution is 1.98. The zero-order valence-corrected chi connectivity index (χ0v) is 7.32. The van der Waals surface area contributed by atoms with Crippen LogP contribution in [0.5, 0.6) is 0 Å². The Labute approximate surface area is 72.1 Å². The molecular formula is C9H12N2O. The molecule has 3 nitrogen and oxygen atoms in total. The summed E-state index contributed by atoms with van der Waals surface area (Å²) in [5.74, 6) is 0. The zero-order chi connectivity index (χ0) is 8.81. The fraction of sp³-hybridized carbons (Fsp3) is 0.333. The molecule has 0 saturated carbocycles. The van der Waals surface area contributed by atoms with Crippen LogP contribution < -0.4 is 0 Å². The largest absolute Gasteiger partial charge is 0.396 e. The summed E-state index contributed by atoms with van der Waals surface area (Å²) in [6.45, 7) is 4.39. The number of oxime groups is 1. The second-order valence-corrected chi connectivity index (χ2v) is 2.34. The Hall–Kier alpha value is -1.38. The lowest BCUT2D eigenvalue weighted by Crippen LogP contribution is -1.96. The van der Waals surface area contributed by atoms with Gasteiger partial charge in [0.05, 0.1) is 5.71 Å². The minimum absolute atomic E-state index is 0.595. The number of hydrogen-bond donors (Lipinski definition) is 0. The summed E-state index contributed by atoms with van der Waals surface area (Å²) in [5.41, 5.74) is 1.84. The fourth-order valence-electron chi connectivity index (χ4n) is 0.791. The van der Waals surface area contributed by atoms with E-state index in [-0.39, 0.29) is 0 Å². The molecule has 0 fully saturated rings. The predicted octanol–water partition coefficient (Wildman–Crippen LogP) is 1.84. The maximum absolute atomic E-state index is 4.91. The maximum atomic E-state index is 4.91. The predicted molar refractivity (Wildman–Crippen MR) is 48.1 cm³/mol. The Bertz CT molecular complexity index is 256. The van der Waals surface area contributed by atoms with Crippen molar-refractivity contribution in [3.8, 4) is 0 Å². The Kier molecular flexibility index (Phi) is 3.26. The topological polar surface area (TPSA) is 34.5 Å². The van der Waals surface area contributed by atoms with Crippen LogP contribution in [0.2, 0.25) is 0 Å². The van der Waals surface area contributed by atoms with E-state index in [1.165, 1.54) is 0 Å². The summed E-state index contributed by atoms with van der Waals surface area (Å²) in [5, 5.41) is 3.89. The van der Waals surface area contributed by atoms with E-state index in [9.17, 15) is 0 Å². The molecule has 12 heavy (non-hydrogen) atoms. The van der Waals surface area contributed by atoms with E-state index in [0.717, 1.165) is 11.3 Å². The van der Waals surface area contributed by atoms with Gasteiger partial charge in [-0.25, -0.2) is 0 Å². The minimum atomic E-state index is 0.595. The molecule has 0 aliphatic rings. The Morgan fingerprint density at radius 2 is 2.50 bits per heavy atom. The summed E-state index contributed by atoms with van der Waals surface area (Å²) in [6, 6.07) is 3.82. The first-order valence-electron chi connectivity index (χ1n) is 3.91. The molecule has 0 amide bonds. The van der Waals surface area contributed by atoms with Gasteiger partial charge < -0.3 is 4.84 Å². The molecule has 64 valence electrons. The summed E-state index contributed by atoms with van der Waals surface area (Å²) >= 11 is 0. The van der Waals surface area contributed by atoms with Crippen molar-refractivity contribution in [2.75, 3.05) is 6.61 Å². The minimum Gasteiger partial charge on any atom is -0.396 e. The number of hydrogen-bond acceptors (Lipinski definition) is 3. The van der Waals surface area contributed by atoms with E-state index in [4.69, 9.17) is 4.84 Å². The molecule has 0 radical (unpaired) electrons. The molecule has 3 heteroatoms. The van der Waals surface area contributed by atoms with Gasteiger partial charge in [-0.05, 0) is 26.0 Å². The van der Waals surface area contributed by atoms with Gasteiger partial charge in [0.15, 0.2) is 0 Å². The number of rotatable bonds is 3. The van der Waals surface area contributed by atoms with E-state index in [1.54, 1.807) is 12.4 Å². The molecule has 1 aromatic heterocycles. The van der Waals surface area contributed by atoms with Crippen LogP contribution in [0.25, 0.3) is 0 Å². The van der Waals surface area contributed by atoms with Gasteiger partial charge in [-0.1, -0.05) is 5.16 Å². The maximum Gasteiger partial charge on any atom is 0.114 e. The lowest BCUT2D eigenvalue weighted by Gasteiger charge is -1.98. The van der Waals surface area contributed by atoms with Crippen molar-refractivity contribution in [3.63, 3.8) is 0 Å². The number of pyridine rings is 1. The van der Waals surface area contributed by atoms with Crippen molar-refractivity contribution in [2.24, 2.45) is 5.16 Å². The van der Waals surface area contributed by atoms with Crippen molar-refractivity contribution in [1.29, 1.82) is 0 Å². The highest BCUT2D eigenvalue weighted by atomic mass is 16.6. The van der Waals surface area contributed by atoms with Crippen LogP contribution in [0.3, 0.4) is 0 Å². The van der Waals surface area contributed by atoms with Crippen LogP contribution in [0.1, 0.15) is 19.4 Å². The number of aromatic nitrogens is 1. The lowest BCUT2D eigenvalue weighted by atomic mass is 10.2. The average molecular weight is 164 g/mol. The average Bonchev–Trinajstić information content (AvgIpc) is 2.15. The highest BCUT2D eigenvalue weighted by Gasteiger charge is 1.95. The first-order valence-corrected chi connectivity index (χ1v) is 3.91. The van der Waals surface area contributed by atoms with Crippen LogP contribution in [0.15, 0.2) is 29.7 Å². The van der Waals surface area contributed by atoms with Crippen molar-refractivity contribution < 1.29 is 4.84 Å². The molecule has 0 aliphatic heterocycles. The highest BCUT2D eigenvalue weighted by molar-refractivity contribution is 5.97. The van der Waals surface area contributed by atoms with Crippen LogP contribution >= 0.6 is 0 Å². The smallest absolute Gasteiger partial charge is 0.114 e. The van der Waals surface area contributed by atoms with Gasteiger partial charge in [0.2, 0.25) is 0 Å². The number of nitrogens with zero attached hydrogens (tertiary/aromatic N) is 2. The lowest BCUT2D eigenvalue weighted by molar-refractivity contribution is 0.159. The van der Waals surface area contributed by atoms with Gasteiger partial charge in [-0.3, -0.25) is 4.98 Å². The zero-order valence-electron chi connectivity index (χ0n) is 7.32. The Morgan fingerprint density at radius 1 is 1.67 bits per heavy atom. The van der Waals surface area contributed by atoms with Crippen molar-refractivity contribution >= 4 is 5.71 Å². The summed E-state index contributed by atoms with van der Waals surface area (Å²) in [6.07, 6.45) is 3.50. The molecule has 1 rings (SSSR count). The third-order valence-electron chi connectivity index (χ3n) is 1.41. The van der Waals surface area contributed by atoms with Crippen LogP contribution in [-0.4, -0.2) is 17.3 Å². The molecule has 1 aromatic rings. The second-order valence-electron chi connectivity index (χ2n) is 2.34. The van der Waals surface area contributed by atoms with E-state index >= 15 is 0 Å². The van der Waals surface area contributed by atoms with Crippen LogP contribution in [-0.2, 0) is 4.84 Å². The van der Waals surface area contributed by atoms with E-state index in [2.05, 4.69) is 10.1 Å². The summed E-state index contributed by atoms with van der Waals surface area (Å²) in [7, 11) is 0. The molecule has 1 heterocycles. The van der Waals surface area contributed by atoms with Gasteiger partial charge in [-0.2, -0.15) is 0 Å². The first-order chi connectivity index (χ1) is 5.84. The van der Waals surface area contributed by atoms with Crippen molar-refractivity contribution in [1.82, 2.24) is 4.98 Å². The monoisotopic (exact) mass is 164 g/mol. The van der Waals surface area contributed by atoms with Crippen molar-refractivity contribution in [3.05, 3.63) is 30.1 Å². The standard InChI is InChI=1S/C9H12N2O/c1-3-12-11-8(2)9-5-4-6-10-7-9/h4-7H,3H2,1-2H3/b11-8+. The Morgan fingerprint density at radius 3 is 3.08 bits per heavy atom. The molecule has 0 atom stereocenters. The van der Waals surface area contributed by atoms with Crippen LogP contribution in [0.4, 0.5) is 0 Å². The fourth-order valence-corrected chi connectivity index (χ4v) is 0.791. The first kappa shape index (κ1) is 8.71. The molecular weight excluding hydrogens is 152 g/mol. The Balaban J connectivity index is 2.71. The van der Waals surface area contributed by atoms with Crippen LogP contribution in [0, 0.1) is 0 Å². The third kappa shape index (κ3) is 2.34. The second kappa shape index (κ2) is 4.49. The summed E-state index contributed by atoms with van der Waals surface area (Å²) in [4.78, 5) is 8.89. The molecule has 0 spiro atoms. The van der Waals surface area contributed by atoms with Gasteiger partial charge in [0.1, 0.15) is 6.61 Å². The van der Waals surface area contributed by atoms with E-state index < -0.39 is 0 Å². The molecule has 0 N–H and O–H groups in total. The molecule has 0 aliphatic carbocycles. The molecule has 0 aromatic carbocycles. The van der Waals surface area contributed by atoms with Gasteiger partial charge in [-0.15, -0.1) is 0 Å². The molecule has 0 saturated heterocycles. The van der Waals surface area contributed by atoms with Gasteiger partial charge in [0.25, 0.3) is 0 Å². The van der Waals surface area contributed by atoms with Crippen molar-refractivity contribution in [2.45, 2.75) is 13.8 Å². The van der Waals surface area contributed by atoms with Gasteiger partial charge >= 0.3 is 0 Å². The summed E-state index contributed by atoms with van der Waals surface area (Å²) < 4.78 is 0. The van der Waals surface area contributed by atoms with E-state index in [1.807, 2.05) is 26.0 Å². The SMILES string of the molecule is CCO/N=C(\C)c1cccnc1. The molecule has 0 bridgehead atoms. The van der Waals surface area contributed by atoms with Gasteiger partial charge in [0, 0.05) is 18.0 Å². The quantitative estimate of drug-likeness (QED) is 0.504. The molecule has 0 unspecified atom stereocenters.